The lowest BCUT2D eigenvalue weighted by Crippen LogP contribution is -2.21. The summed E-state index contributed by atoms with van der Waals surface area (Å²) in [5, 5.41) is 3.10. The third-order valence-corrected chi connectivity index (χ3v) is 2.96. The van der Waals surface area contributed by atoms with Crippen molar-refractivity contribution in [3.05, 3.63) is 42.2 Å². The first-order valence-corrected chi connectivity index (χ1v) is 6.27. The van der Waals surface area contributed by atoms with Gasteiger partial charge in [-0.25, -0.2) is 9.97 Å². The lowest BCUT2D eigenvalue weighted by atomic mass is 9.91. The number of nitrogens with zero attached hydrogens (tertiary/aromatic N) is 2. The zero-order chi connectivity index (χ0) is 14.6. The van der Waals surface area contributed by atoms with Crippen LogP contribution in [0.2, 0.25) is 0 Å². The van der Waals surface area contributed by atoms with E-state index < -0.39 is 5.41 Å². The molecular weight excluding hydrogens is 254 g/mol. The van der Waals surface area contributed by atoms with Crippen LogP contribution in [-0.4, -0.2) is 23.4 Å². The summed E-state index contributed by atoms with van der Waals surface area (Å²) in [6.07, 6.45) is 2.51. The monoisotopic (exact) mass is 271 g/mol. The largest absolute Gasteiger partial charge is 0.495 e. The summed E-state index contributed by atoms with van der Waals surface area (Å²) >= 11 is 0. The molecule has 2 aromatic rings. The summed E-state index contributed by atoms with van der Waals surface area (Å²) in [7, 11) is 1.60. The van der Waals surface area contributed by atoms with E-state index in [2.05, 4.69) is 15.3 Å². The first kappa shape index (κ1) is 14.0. The van der Waals surface area contributed by atoms with Crippen LogP contribution in [0.15, 0.2) is 36.5 Å². The van der Waals surface area contributed by atoms with Crippen molar-refractivity contribution in [2.45, 2.75) is 19.3 Å². The molecule has 1 aromatic carbocycles. The fourth-order valence-corrected chi connectivity index (χ4v) is 1.71. The molecule has 0 aliphatic carbocycles. The second-order valence-electron chi connectivity index (χ2n) is 4.93. The van der Waals surface area contributed by atoms with Gasteiger partial charge >= 0.3 is 0 Å². The van der Waals surface area contributed by atoms with Crippen LogP contribution in [0.25, 0.3) is 0 Å². The Morgan fingerprint density at radius 2 is 2.00 bits per heavy atom. The van der Waals surface area contributed by atoms with Gasteiger partial charge in [0.2, 0.25) is 5.95 Å². The summed E-state index contributed by atoms with van der Waals surface area (Å²) in [6, 6.07) is 9.24. The number of aromatic nitrogens is 2. The maximum Gasteiger partial charge on any atom is 0.227 e. The lowest BCUT2D eigenvalue weighted by molar-refractivity contribution is -0.111. The Morgan fingerprint density at radius 1 is 1.25 bits per heavy atom. The van der Waals surface area contributed by atoms with Gasteiger partial charge in [-0.15, -0.1) is 0 Å². The molecule has 1 N–H and O–H groups in total. The minimum atomic E-state index is -0.639. The Hall–Kier alpha value is -2.43. The van der Waals surface area contributed by atoms with Crippen molar-refractivity contribution in [2.24, 2.45) is 0 Å². The van der Waals surface area contributed by atoms with E-state index in [1.54, 1.807) is 19.4 Å². The van der Waals surface area contributed by atoms with E-state index in [4.69, 9.17) is 4.74 Å². The number of para-hydroxylation sites is 2. The molecule has 0 aliphatic rings. The number of carbonyl (C=O) groups excluding carboxylic acids is 1. The number of carbonyl (C=O) groups is 1. The number of methoxy groups -OCH3 is 1. The van der Waals surface area contributed by atoms with Crippen molar-refractivity contribution >= 4 is 17.9 Å². The lowest BCUT2D eigenvalue weighted by Gasteiger charge is -2.17. The average molecular weight is 271 g/mol. The summed E-state index contributed by atoms with van der Waals surface area (Å²) in [5.74, 6) is 1.14. The van der Waals surface area contributed by atoms with Crippen molar-refractivity contribution in [3.63, 3.8) is 0 Å². The summed E-state index contributed by atoms with van der Waals surface area (Å²) in [6.45, 7) is 3.63. The van der Waals surface area contributed by atoms with Gasteiger partial charge in [-0.05, 0) is 32.0 Å². The van der Waals surface area contributed by atoms with Gasteiger partial charge in [0.05, 0.1) is 23.9 Å². The number of ether oxygens (including phenoxy) is 1. The van der Waals surface area contributed by atoms with Gasteiger partial charge in [0, 0.05) is 6.20 Å². The quantitative estimate of drug-likeness (QED) is 0.847. The predicted molar refractivity (Wildman–Crippen MR) is 77.4 cm³/mol. The van der Waals surface area contributed by atoms with Gasteiger partial charge in [-0.3, -0.25) is 0 Å². The standard InChI is InChI=1S/C15H17N3O2/c1-15(2,10-19)13-8-9-16-14(18-13)17-11-6-4-5-7-12(11)20-3/h4-10H,1-3H3,(H,16,17,18). The maximum atomic E-state index is 11.1. The number of hydrogen-bond donors (Lipinski definition) is 1. The second kappa shape index (κ2) is 5.69. The molecule has 0 atom stereocenters. The SMILES string of the molecule is COc1ccccc1Nc1nccc(C(C)(C)C=O)n1. The van der Waals surface area contributed by atoms with Crippen molar-refractivity contribution in [2.75, 3.05) is 12.4 Å². The van der Waals surface area contributed by atoms with Crippen LogP contribution in [0, 0.1) is 0 Å². The fourth-order valence-electron chi connectivity index (χ4n) is 1.71. The Balaban J connectivity index is 2.31. The molecule has 5 nitrogen and oxygen atoms in total. The molecule has 2 rings (SSSR count). The summed E-state index contributed by atoms with van der Waals surface area (Å²) in [4.78, 5) is 19.6. The number of rotatable bonds is 5. The van der Waals surface area contributed by atoms with Crippen LogP contribution in [0.5, 0.6) is 5.75 Å². The van der Waals surface area contributed by atoms with Crippen molar-refractivity contribution in [1.29, 1.82) is 0 Å². The van der Waals surface area contributed by atoms with E-state index >= 15 is 0 Å². The Labute approximate surface area is 118 Å². The van der Waals surface area contributed by atoms with Crippen molar-refractivity contribution < 1.29 is 9.53 Å². The molecule has 0 aliphatic heterocycles. The van der Waals surface area contributed by atoms with Crippen LogP contribution < -0.4 is 10.1 Å². The smallest absolute Gasteiger partial charge is 0.227 e. The highest BCUT2D eigenvalue weighted by atomic mass is 16.5. The van der Waals surface area contributed by atoms with Gasteiger partial charge in [0.1, 0.15) is 12.0 Å². The molecule has 0 spiro atoms. The molecule has 20 heavy (non-hydrogen) atoms. The van der Waals surface area contributed by atoms with E-state index in [-0.39, 0.29) is 0 Å². The summed E-state index contributed by atoms with van der Waals surface area (Å²) < 4.78 is 5.26. The van der Waals surface area contributed by atoms with E-state index in [1.807, 2.05) is 38.1 Å². The number of nitrogens with one attached hydrogen (secondary N) is 1. The zero-order valence-electron chi connectivity index (χ0n) is 11.8. The number of anilines is 2. The molecule has 0 bridgehead atoms. The first-order valence-electron chi connectivity index (χ1n) is 6.27. The van der Waals surface area contributed by atoms with E-state index in [0.717, 1.165) is 12.0 Å². The Bertz CT molecular complexity index is 612. The Morgan fingerprint density at radius 3 is 2.70 bits per heavy atom. The molecule has 1 aromatic heterocycles. The number of hydrogen-bond acceptors (Lipinski definition) is 5. The van der Waals surface area contributed by atoms with Crippen LogP contribution in [0.1, 0.15) is 19.5 Å². The molecule has 0 unspecified atom stereocenters. The van der Waals surface area contributed by atoms with Gasteiger partial charge in [-0.2, -0.15) is 0 Å². The Kier molecular flexibility index (Phi) is 3.98. The first-order chi connectivity index (χ1) is 9.56. The van der Waals surface area contributed by atoms with Gasteiger partial charge in [-0.1, -0.05) is 12.1 Å². The van der Waals surface area contributed by atoms with E-state index in [1.165, 1.54) is 0 Å². The van der Waals surface area contributed by atoms with Crippen LogP contribution in [0.4, 0.5) is 11.6 Å². The molecule has 0 fully saturated rings. The van der Waals surface area contributed by atoms with Gasteiger partial charge in [0.15, 0.2) is 0 Å². The van der Waals surface area contributed by atoms with Crippen LogP contribution in [-0.2, 0) is 10.2 Å². The average Bonchev–Trinajstić information content (AvgIpc) is 2.48. The minimum absolute atomic E-state index is 0.432. The highest BCUT2D eigenvalue weighted by molar-refractivity contribution is 5.67. The highest BCUT2D eigenvalue weighted by Crippen LogP contribution is 2.26. The van der Waals surface area contributed by atoms with E-state index in [0.29, 0.717) is 17.4 Å². The normalized spacial score (nSPS) is 10.9. The zero-order valence-corrected chi connectivity index (χ0v) is 11.8. The third-order valence-electron chi connectivity index (χ3n) is 2.96. The van der Waals surface area contributed by atoms with Crippen LogP contribution in [0.3, 0.4) is 0 Å². The summed E-state index contributed by atoms with van der Waals surface area (Å²) in [5.41, 5.74) is 0.802. The second-order valence-corrected chi connectivity index (χ2v) is 4.93. The molecular formula is C15H17N3O2. The topological polar surface area (TPSA) is 64.1 Å². The molecule has 0 amide bonds. The number of aldehydes is 1. The van der Waals surface area contributed by atoms with Crippen molar-refractivity contribution in [1.82, 2.24) is 9.97 Å². The van der Waals surface area contributed by atoms with Crippen molar-refractivity contribution in [3.8, 4) is 5.75 Å². The minimum Gasteiger partial charge on any atom is -0.495 e. The predicted octanol–water partition coefficient (Wildman–Crippen LogP) is 2.71. The van der Waals surface area contributed by atoms with Crippen LogP contribution >= 0.6 is 0 Å². The fraction of sp³-hybridized carbons (Fsp3) is 0.267. The molecule has 0 radical (unpaired) electrons. The van der Waals surface area contributed by atoms with Gasteiger partial charge in [0.25, 0.3) is 0 Å². The van der Waals surface area contributed by atoms with E-state index in [9.17, 15) is 4.79 Å². The third kappa shape index (κ3) is 2.93. The molecule has 0 saturated heterocycles. The number of benzene rings is 1. The highest BCUT2D eigenvalue weighted by Gasteiger charge is 2.21. The van der Waals surface area contributed by atoms with Gasteiger partial charge < -0.3 is 14.8 Å². The molecule has 104 valence electrons. The molecule has 5 heteroatoms. The molecule has 1 heterocycles. The molecule has 0 saturated carbocycles. The maximum absolute atomic E-state index is 11.1.